The van der Waals surface area contributed by atoms with E-state index in [1.165, 1.54) is 24.3 Å². The van der Waals surface area contributed by atoms with Crippen LogP contribution in [0.15, 0.2) is 60.2 Å². The standard InChI is InChI=1S/C34H23Cl2F5N2O5/c1-2-14-6-8-16(9-7-14)42-29(45)19-11-10-18-20(21(19)30(42)46)13-33(35)31(47)43(28-26(40)24(38)23(37)25(39)27(28)41)32(48)34(33,36)22(18)15-4-3-5-17(44)12-15/h3-10,12,19-22,44H,2,11,13H2,1H3/t19-,20+,21-,22-,33+,34-/m0/s1. The number of rotatable bonds is 4. The highest BCUT2D eigenvalue weighted by Crippen LogP contribution is 2.66. The van der Waals surface area contributed by atoms with Crippen LogP contribution in [0.5, 0.6) is 5.75 Å². The van der Waals surface area contributed by atoms with E-state index in [9.17, 15) is 37.5 Å². The van der Waals surface area contributed by atoms with Crippen LogP contribution >= 0.6 is 23.2 Å². The first-order chi connectivity index (χ1) is 22.7. The third kappa shape index (κ3) is 4.05. The molecule has 48 heavy (non-hydrogen) atoms. The fourth-order valence-corrected chi connectivity index (χ4v) is 8.72. The Morgan fingerprint density at radius 2 is 1.44 bits per heavy atom. The Kier molecular flexibility index (Phi) is 7.30. The van der Waals surface area contributed by atoms with Crippen molar-refractivity contribution in [3.05, 3.63) is 100 Å². The van der Waals surface area contributed by atoms with Crippen molar-refractivity contribution in [1.29, 1.82) is 0 Å². The minimum absolute atomic E-state index is 0.00563. The summed E-state index contributed by atoms with van der Waals surface area (Å²) < 4.78 is 73.0. The van der Waals surface area contributed by atoms with E-state index in [0.29, 0.717) is 12.1 Å². The Balaban J connectivity index is 1.41. The number of phenolic OH excluding ortho intramolecular Hbond substituents is 1. The second-order valence-corrected chi connectivity index (χ2v) is 13.6. The molecular weight excluding hydrogens is 682 g/mol. The van der Waals surface area contributed by atoms with Crippen molar-refractivity contribution >= 4 is 58.2 Å². The lowest BCUT2D eigenvalue weighted by molar-refractivity contribution is -0.125. The Morgan fingerprint density at radius 3 is 2.04 bits per heavy atom. The van der Waals surface area contributed by atoms with E-state index in [1.807, 2.05) is 6.92 Å². The zero-order chi connectivity index (χ0) is 34.6. The predicted octanol–water partition coefficient (Wildman–Crippen LogP) is 6.42. The first-order valence-corrected chi connectivity index (χ1v) is 15.7. The van der Waals surface area contributed by atoms with E-state index in [-0.39, 0.29) is 28.2 Å². The van der Waals surface area contributed by atoms with Gasteiger partial charge in [0.1, 0.15) is 11.4 Å². The van der Waals surface area contributed by atoms with Crippen LogP contribution in [-0.4, -0.2) is 38.5 Å². The van der Waals surface area contributed by atoms with Gasteiger partial charge in [0.2, 0.25) is 17.6 Å². The predicted molar refractivity (Wildman–Crippen MR) is 163 cm³/mol. The van der Waals surface area contributed by atoms with Gasteiger partial charge in [0.25, 0.3) is 11.8 Å². The number of imide groups is 2. The lowest BCUT2D eigenvalue weighted by Crippen LogP contribution is -2.60. The third-order valence-corrected chi connectivity index (χ3v) is 11.4. The highest BCUT2D eigenvalue weighted by atomic mass is 35.5. The number of fused-ring (bicyclic) bond motifs is 4. The van der Waals surface area contributed by atoms with E-state index in [2.05, 4.69) is 0 Å². The molecule has 0 aromatic heterocycles. The molecule has 1 saturated carbocycles. The average Bonchev–Trinajstić information content (AvgIpc) is 3.41. The lowest BCUT2D eigenvalue weighted by atomic mass is 9.56. The van der Waals surface area contributed by atoms with E-state index < -0.39 is 98.2 Å². The van der Waals surface area contributed by atoms with Crippen LogP contribution in [0.1, 0.15) is 36.8 Å². The number of anilines is 2. The quantitative estimate of drug-likeness (QED) is 0.0845. The maximum absolute atomic E-state index is 15.1. The molecule has 4 aliphatic rings. The van der Waals surface area contributed by atoms with Gasteiger partial charge in [0.15, 0.2) is 33.0 Å². The SMILES string of the molecule is CCc1ccc(N2C(=O)[C@H]3[C@H](CC=C4[C@H]3C[C@@]3(Cl)C(=O)N(c5c(F)c(F)c(F)c(F)c5F)C(=O)[C@@]3(Cl)[C@H]4c3cccc(O)c3)C2=O)cc1. The van der Waals surface area contributed by atoms with Crippen molar-refractivity contribution in [2.75, 3.05) is 9.80 Å². The van der Waals surface area contributed by atoms with Gasteiger partial charge in [0, 0.05) is 5.92 Å². The van der Waals surface area contributed by atoms with Crippen molar-refractivity contribution in [3.63, 3.8) is 0 Å². The van der Waals surface area contributed by atoms with Crippen molar-refractivity contribution in [1.82, 2.24) is 0 Å². The number of halogens is 7. The van der Waals surface area contributed by atoms with Crippen LogP contribution < -0.4 is 9.80 Å². The maximum atomic E-state index is 15.1. The van der Waals surface area contributed by atoms with Gasteiger partial charge in [-0.1, -0.05) is 42.8 Å². The van der Waals surface area contributed by atoms with Gasteiger partial charge in [-0.05, 0) is 60.6 Å². The topological polar surface area (TPSA) is 95.0 Å². The molecule has 7 nitrogen and oxygen atoms in total. The minimum atomic E-state index is -2.66. The number of carbonyl (C=O) groups is 4. The number of carbonyl (C=O) groups excluding carboxylic acids is 4. The average molecular weight is 705 g/mol. The van der Waals surface area contributed by atoms with E-state index in [4.69, 9.17) is 23.2 Å². The molecule has 0 unspecified atom stereocenters. The summed E-state index contributed by atoms with van der Waals surface area (Å²) in [4.78, 5) is 51.8. The van der Waals surface area contributed by atoms with Gasteiger partial charge in [-0.2, -0.15) is 0 Å². The van der Waals surface area contributed by atoms with Crippen LogP contribution in [0.4, 0.5) is 33.3 Å². The number of benzene rings is 3. The lowest BCUT2D eigenvalue weighted by Gasteiger charge is -2.50. The number of hydrogen-bond acceptors (Lipinski definition) is 5. The van der Waals surface area contributed by atoms with Crippen molar-refractivity contribution in [2.45, 2.75) is 41.9 Å². The zero-order valence-corrected chi connectivity index (χ0v) is 26.3. The Hall–Kier alpha value is -4.29. The summed E-state index contributed by atoms with van der Waals surface area (Å²) in [5.41, 5.74) is -0.179. The molecular formula is C34H23Cl2F5N2O5. The Bertz CT molecular complexity index is 1980. The number of aromatic hydroxyl groups is 1. The van der Waals surface area contributed by atoms with Gasteiger partial charge in [-0.15, -0.1) is 23.2 Å². The molecule has 4 amide bonds. The third-order valence-electron chi connectivity index (χ3n) is 10.0. The molecule has 14 heteroatoms. The number of allylic oxidation sites excluding steroid dienone is 2. The molecule has 6 atom stereocenters. The highest BCUT2D eigenvalue weighted by molar-refractivity contribution is 6.58. The van der Waals surface area contributed by atoms with Gasteiger partial charge in [-0.25, -0.2) is 26.9 Å². The smallest absolute Gasteiger partial charge is 0.258 e. The van der Waals surface area contributed by atoms with Crippen LogP contribution in [0, 0.1) is 46.8 Å². The molecule has 0 bridgehead atoms. The van der Waals surface area contributed by atoms with Crippen LogP contribution in [-0.2, 0) is 25.6 Å². The maximum Gasteiger partial charge on any atom is 0.258 e. The number of nitrogens with zero attached hydrogens (tertiary/aromatic N) is 2. The van der Waals surface area contributed by atoms with E-state index in [1.54, 1.807) is 30.3 Å². The highest BCUT2D eigenvalue weighted by Gasteiger charge is 2.77. The Labute approximate surface area is 279 Å². The van der Waals surface area contributed by atoms with Crippen molar-refractivity contribution in [2.24, 2.45) is 17.8 Å². The summed E-state index contributed by atoms with van der Waals surface area (Å²) in [7, 11) is 0. The summed E-state index contributed by atoms with van der Waals surface area (Å²) in [5, 5.41) is 10.4. The number of phenols is 1. The zero-order valence-electron chi connectivity index (χ0n) is 24.7. The van der Waals surface area contributed by atoms with Gasteiger partial charge < -0.3 is 5.11 Å². The molecule has 0 radical (unpaired) electrons. The summed E-state index contributed by atoms with van der Waals surface area (Å²) >= 11 is 14.2. The van der Waals surface area contributed by atoms with Crippen LogP contribution in [0.25, 0.3) is 0 Å². The summed E-state index contributed by atoms with van der Waals surface area (Å²) in [6.07, 6.45) is 1.70. The molecule has 2 aliphatic carbocycles. The Morgan fingerprint density at radius 1 is 0.812 bits per heavy atom. The molecule has 3 fully saturated rings. The number of amides is 4. The second-order valence-electron chi connectivity index (χ2n) is 12.3. The van der Waals surface area contributed by atoms with Crippen LogP contribution in [0.2, 0.25) is 0 Å². The molecule has 3 aromatic rings. The number of hydrogen-bond donors (Lipinski definition) is 1. The van der Waals surface area contributed by atoms with Crippen molar-refractivity contribution < 1.29 is 46.2 Å². The molecule has 2 aliphatic heterocycles. The molecule has 7 rings (SSSR count). The molecule has 248 valence electrons. The van der Waals surface area contributed by atoms with Crippen molar-refractivity contribution in [3.8, 4) is 5.75 Å². The monoisotopic (exact) mass is 704 g/mol. The second kappa shape index (κ2) is 10.9. The summed E-state index contributed by atoms with van der Waals surface area (Å²) in [6, 6.07) is 12.1. The first kappa shape index (κ1) is 32.3. The molecule has 1 N–H and O–H groups in total. The summed E-state index contributed by atoms with van der Waals surface area (Å²) in [5.74, 6) is -21.4. The first-order valence-electron chi connectivity index (χ1n) is 14.9. The normalized spacial score (nSPS) is 29.6. The van der Waals surface area contributed by atoms with Gasteiger partial charge in [-0.3, -0.25) is 24.1 Å². The number of aryl methyl sites for hydroxylation is 1. The molecule has 2 heterocycles. The van der Waals surface area contributed by atoms with Gasteiger partial charge in [0.05, 0.1) is 17.5 Å². The fraction of sp³-hybridized carbons (Fsp3) is 0.294. The summed E-state index contributed by atoms with van der Waals surface area (Å²) in [6.45, 7) is 1.94. The molecule has 0 spiro atoms. The largest absolute Gasteiger partial charge is 0.508 e. The van der Waals surface area contributed by atoms with Crippen LogP contribution in [0.3, 0.4) is 0 Å². The van der Waals surface area contributed by atoms with Gasteiger partial charge >= 0.3 is 0 Å². The molecule has 2 saturated heterocycles. The van der Waals surface area contributed by atoms with E-state index in [0.717, 1.165) is 10.5 Å². The number of alkyl halides is 2. The molecule has 3 aromatic carbocycles. The van der Waals surface area contributed by atoms with E-state index >= 15 is 8.78 Å². The fourth-order valence-electron chi connectivity index (χ4n) is 7.78. The minimum Gasteiger partial charge on any atom is -0.508 e.